The fourth-order valence-electron chi connectivity index (χ4n) is 2.46. The van der Waals surface area contributed by atoms with Crippen LogP contribution in [0.4, 0.5) is 0 Å². The van der Waals surface area contributed by atoms with E-state index in [1.807, 2.05) is 13.0 Å². The van der Waals surface area contributed by atoms with Crippen LogP contribution in [0.3, 0.4) is 0 Å². The summed E-state index contributed by atoms with van der Waals surface area (Å²) < 4.78 is 11.4. The van der Waals surface area contributed by atoms with Crippen molar-refractivity contribution in [3.05, 3.63) is 22.7 Å². The molecule has 1 aromatic heterocycles. The Hall–Kier alpha value is -0.710. The lowest BCUT2D eigenvalue weighted by Crippen LogP contribution is -2.38. The first-order valence-electron chi connectivity index (χ1n) is 6.96. The maximum absolute atomic E-state index is 6.13. The van der Waals surface area contributed by atoms with Crippen LogP contribution in [0.1, 0.15) is 44.6 Å². The number of aromatic nitrogens is 2. The molecule has 5 heteroatoms. The molecule has 0 aliphatic carbocycles. The minimum absolute atomic E-state index is 0.430. The Morgan fingerprint density at radius 1 is 1.32 bits per heavy atom. The molecular formula is C14H21ClN2O2. The SMILES string of the molecule is CCCc1cc(Cl)nc(C2(OCC)CCOCC2)n1. The molecule has 4 nitrogen and oxygen atoms in total. The van der Waals surface area contributed by atoms with Crippen molar-refractivity contribution in [1.29, 1.82) is 0 Å². The molecule has 2 rings (SSSR count). The lowest BCUT2D eigenvalue weighted by atomic mass is 9.92. The Bertz CT molecular complexity index is 414. The monoisotopic (exact) mass is 284 g/mol. The van der Waals surface area contributed by atoms with Gasteiger partial charge in [0.25, 0.3) is 0 Å². The molecule has 1 aliphatic rings. The zero-order valence-electron chi connectivity index (χ0n) is 11.6. The van der Waals surface area contributed by atoms with Gasteiger partial charge >= 0.3 is 0 Å². The first kappa shape index (κ1) is 14.7. The molecule has 1 aliphatic heterocycles. The van der Waals surface area contributed by atoms with Crippen molar-refractivity contribution < 1.29 is 9.47 Å². The normalized spacial score (nSPS) is 18.5. The van der Waals surface area contributed by atoms with Crippen molar-refractivity contribution in [2.45, 2.75) is 45.1 Å². The van der Waals surface area contributed by atoms with Gasteiger partial charge in [-0.25, -0.2) is 9.97 Å². The lowest BCUT2D eigenvalue weighted by Gasteiger charge is -2.35. The van der Waals surface area contributed by atoms with Crippen LogP contribution in [0.25, 0.3) is 0 Å². The third-order valence-electron chi connectivity index (χ3n) is 3.38. The Morgan fingerprint density at radius 2 is 2.05 bits per heavy atom. The highest BCUT2D eigenvalue weighted by atomic mass is 35.5. The molecule has 0 N–H and O–H groups in total. The van der Waals surface area contributed by atoms with E-state index in [9.17, 15) is 0 Å². The van der Waals surface area contributed by atoms with Gasteiger partial charge in [-0.15, -0.1) is 0 Å². The summed E-state index contributed by atoms with van der Waals surface area (Å²) in [5.74, 6) is 0.716. The Labute approximate surface area is 119 Å². The number of halogens is 1. The Kier molecular flexibility index (Phi) is 5.13. The van der Waals surface area contributed by atoms with Gasteiger partial charge in [-0.3, -0.25) is 0 Å². The van der Waals surface area contributed by atoms with Gasteiger partial charge in [0.1, 0.15) is 10.8 Å². The Balaban J connectivity index is 2.34. The zero-order valence-corrected chi connectivity index (χ0v) is 12.4. The second-order valence-electron chi connectivity index (χ2n) is 4.80. The van der Waals surface area contributed by atoms with Gasteiger partial charge < -0.3 is 9.47 Å². The molecule has 1 aromatic rings. The summed E-state index contributed by atoms with van der Waals surface area (Å²) in [5, 5.41) is 0.499. The van der Waals surface area contributed by atoms with E-state index in [4.69, 9.17) is 21.1 Å². The number of aryl methyl sites for hydroxylation is 1. The van der Waals surface area contributed by atoms with Gasteiger partial charge in [-0.05, 0) is 19.4 Å². The molecular weight excluding hydrogens is 264 g/mol. The molecule has 0 amide bonds. The van der Waals surface area contributed by atoms with Crippen LogP contribution in [-0.2, 0) is 21.5 Å². The van der Waals surface area contributed by atoms with Gasteiger partial charge in [-0.2, -0.15) is 0 Å². The van der Waals surface area contributed by atoms with Gasteiger partial charge in [0.05, 0.1) is 0 Å². The van der Waals surface area contributed by atoms with E-state index in [0.717, 1.165) is 31.4 Å². The third kappa shape index (κ3) is 3.44. The predicted molar refractivity (Wildman–Crippen MR) is 74.4 cm³/mol. The molecule has 2 heterocycles. The van der Waals surface area contributed by atoms with E-state index in [1.165, 1.54) is 0 Å². The molecule has 0 bridgehead atoms. The fraction of sp³-hybridized carbons (Fsp3) is 0.714. The van der Waals surface area contributed by atoms with Crippen LogP contribution in [0.5, 0.6) is 0 Å². The summed E-state index contributed by atoms with van der Waals surface area (Å²) in [6.07, 6.45) is 3.52. The molecule has 0 unspecified atom stereocenters. The molecule has 0 atom stereocenters. The lowest BCUT2D eigenvalue weighted by molar-refractivity contribution is -0.117. The third-order valence-corrected chi connectivity index (χ3v) is 3.58. The average Bonchev–Trinajstić information content (AvgIpc) is 2.40. The van der Waals surface area contributed by atoms with E-state index in [-0.39, 0.29) is 0 Å². The molecule has 106 valence electrons. The topological polar surface area (TPSA) is 44.2 Å². The van der Waals surface area contributed by atoms with Crippen LogP contribution in [0.2, 0.25) is 5.15 Å². The first-order valence-corrected chi connectivity index (χ1v) is 7.33. The summed E-state index contributed by atoms with van der Waals surface area (Å²) in [4.78, 5) is 9.07. The van der Waals surface area contributed by atoms with Crippen LogP contribution in [-0.4, -0.2) is 29.8 Å². The summed E-state index contributed by atoms with van der Waals surface area (Å²) in [7, 11) is 0. The van der Waals surface area contributed by atoms with Crippen molar-refractivity contribution in [2.24, 2.45) is 0 Å². The van der Waals surface area contributed by atoms with Crippen LogP contribution >= 0.6 is 11.6 Å². The van der Waals surface area contributed by atoms with Gasteiger partial charge in [0, 0.05) is 38.4 Å². The van der Waals surface area contributed by atoms with Gasteiger partial charge in [-0.1, -0.05) is 24.9 Å². The molecule has 0 spiro atoms. The van der Waals surface area contributed by atoms with E-state index in [1.54, 1.807) is 0 Å². The number of ether oxygens (including phenoxy) is 2. The largest absolute Gasteiger partial charge is 0.381 e. The first-order chi connectivity index (χ1) is 9.20. The van der Waals surface area contributed by atoms with Gasteiger partial charge in [0.15, 0.2) is 5.82 Å². The summed E-state index contributed by atoms with van der Waals surface area (Å²) in [5.41, 5.74) is 0.559. The fourth-order valence-corrected chi connectivity index (χ4v) is 2.67. The van der Waals surface area contributed by atoms with E-state index < -0.39 is 5.60 Å². The molecule has 0 saturated carbocycles. The van der Waals surface area contributed by atoms with Crippen LogP contribution < -0.4 is 0 Å². The molecule has 19 heavy (non-hydrogen) atoms. The second-order valence-corrected chi connectivity index (χ2v) is 5.18. The van der Waals surface area contributed by atoms with Crippen molar-refractivity contribution in [3.63, 3.8) is 0 Å². The molecule has 1 fully saturated rings. The van der Waals surface area contributed by atoms with Crippen LogP contribution in [0.15, 0.2) is 6.07 Å². The number of hydrogen-bond donors (Lipinski definition) is 0. The molecule has 0 radical (unpaired) electrons. The van der Waals surface area contributed by atoms with E-state index in [2.05, 4.69) is 16.9 Å². The maximum atomic E-state index is 6.13. The quantitative estimate of drug-likeness (QED) is 0.779. The highest BCUT2D eigenvalue weighted by molar-refractivity contribution is 6.29. The van der Waals surface area contributed by atoms with Crippen LogP contribution in [0, 0.1) is 0 Å². The van der Waals surface area contributed by atoms with Crippen molar-refractivity contribution in [3.8, 4) is 0 Å². The zero-order chi connectivity index (χ0) is 13.7. The van der Waals surface area contributed by atoms with E-state index >= 15 is 0 Å². The predicted octanol–water partition coefficient (Wildman–Crippen LogP) is 3.12. The number of hydrogen-bond acceptors (Lipinski definition) is 4. The van der Waals surface area contributed by atoms with Crippen molar-refractivity contribution >= 4 is 11.6 Å². The summed E-state index contributed by atoms with van der Waals surface area (Å²) in [6, 6.07) is 1.84. The van der Waals surface area contributed by atoms with Crippen molar-refractivity contribution in [2.75, 3.05) is 19.8 Å². The minimum atomic E-state index is -0.430. The summed E-state index contributed by atoms with van der Waals surface area (Å²) >= 11 is 6.13. The molecule has 0 aromatic carbocycles. The summed E-state index contributed by atoms with van der Waals surface area (Å²) in [6.45, 7) is 6.12. The smallest absolute Gasteiger partial charge is 0.162 e. The van der Waals surface area contributed by atoms with Crippen molar-refractivity contribution in [1.82, 2.24) is 9.97 Å². The minimum Gasteiger partial charge on any atom is -0.381 e. The Morgan fingerprint density at radius 3 is 2.68 bits per heavy atom. The second kappa shape index (κ2) is 6.64. The maximum Gasteiger partial charge on any atom is 0.162 e. The standard InChI is InChI=1S/C14H21ClN2O2/c1-3-5-11-10-12(15)17-13(16-11)14(19-4-2)6-8-18-9-7-14/h10H,3-9H2,1-2H3. The highest BCUT2D eigenvalue weighted by Gasteiger charge is 2.38. The highest BCUT2D eigenvalue weighted by Crippen LogP contribution is 2.34. The number of nitrogens with zero attached hydrogens (tertiary/aromatic N) is 2. The molecule has 1 saturated heterocycles. The average molecular weight is 285 g/mol. The van der Waals surface area contributed by atoms with Gasteiger partial charge in [0.2, 0.25) is 0 Å². The van der Waals surface area contributed by atoms with E-state index in [0.29, 0.717) is 30.8 Å². The number of rotatable bonds is 5.